The fourth-order valence-electron chi connectivity index (χ4n) is 2.09. The van der Waals surface area contributed by atoms with Crippen molar-refractivity contribution in [3.8, 4) is 0 Å². The number of hydrogen-bond donors (Lipinski definition) is 0. The van der Waals surface area contributed by atoms with Gasteiger partial charge in [-0.1, -0.05) is 18.1 Å². The number of aryl methyl sites for hydroxylation is 1. The molecular formula is C12H17ClN2. The van der Waals surface area contributed by atoms with E-state index in [0.29, 0.717) is 0 Å². The van der Waals surface area contributed by atoms with Crippen LogP contribution in [0.1, 0.15) is 31.2 Å². The van der Waals surface area contributed by atoms with Gasteiger partial charge in [0.05, 0.1) is 11.6 Å². The molecule has 82 valence electrons. The molecule has 0 aliphatic heterocycles. The van der Waals surface area contributed by atoms with Gasteiger partial charge < -0.3 is 0 Å². The summed E-state index contributed by atoms with van der Waals surface area (Å²) in [4.78, 5) is 0. The predicted octanol–water partition coefficient (Wildman–Crippen LogP) is 3.07. The zero-order valence-electron chi connectivity index (χ0n) is 9.12. The van der Waals surface area contributed by atoms with E-state index >= 15 is 0 Å². The smallest absolute Gasteiger partial charge is 0.0524 e. The molecule has 0 bridgehead atoms. The first kappa shape index (κ1) is 10.7. The average molecular weight is 225 g/mol. The van der Waals surface area contributed by atoms with Gasteiger partial charge in [-0.3, -0.25) is 4.68 Å². The molecule has 0 aromatic carbocycles. The molecule has 0 amide bonds. The SMILES string of the molecule is Cn1cc(CC2=CC(Cl)CCCC2)cn1. The second kappa shape index (κ2) is 4.84. The highest BCUT2D eigenvalue weighted by atomic mass is 35.5. The van der Waals surface area contributed by atoms with Crippen LogP contribution in [-0.4, -0.2) is 15.2 Å². The summed E-state index contributed by atoms with van der Waals surface area (Å²) < 4.78 is 1.85. The molecule has 1 aliphatic carbocycles. The van der Waals surface area contributed by atoms with Crippen molar-refractivity contribution in [1.82, 2.24) is 9.78 Å². The monoisotopic (exact) mass is 224 g/mol. The number of halogens is 1. The molecule has 3 heteroatoms. The molecule has 0 fully saturated rings. The first-order chi connectivity index (χ1) is 7.24. The van der Waals surface area contributed by atoms with E-state index in [0.717, 1.165) is 12.8 Å². The lowest BCUT2D eigenvalue weighted by Gasteiger charge is -2.03. The van der Waals surface area contributed by atoms with E-state index in [1.165, 1.54) is 30.4 Å². The molecule has 0 spiro atoms. The van der Waals surface area contributed by atoms with Crippen LogP contribution >= 0.6 is 11.6 Å². The summed E-state index contributed by atoms with van der Waals surface area (Å²) in [6.45, 7) is 0. The number of aromatic nitrogens is 2. The maximum absolute atomic E-state index is 6.19. The third kappa shape index (κ3) is 3.10. The summed E-state index contributed by atoms with van der Waals surface area (Å²) in [7, 11) is 1.95. The average Bonchev–Trinajstić information content (AvgIpc) is 2.46. The molecule has 0 saturated heterocycles. The Kier molecular flexibility index (Phi) is 3.47. The second-order valence-electron chi connectivity index (χ2n) is 4.29. The Morgan fingerprint density at radius 1 is 1.53 bits per heavy atom. The number of hydrogen-bond acceptors (Lipinski definition) is 1. The molecule has 0 N–H and O–H groups in total. The third-order valence-electron chi connectivity index (χ3n) is 2.83. The standard InChI is InChI=1S/C12H17ClN2/c1-15-9-11(8-14-15)6-10-4-2-3-5-12(13)7-10/h7-9,12H,2-6H2,1H3. The summed E-state index contributed by atoms with van der Waals surface area (Å²) in [5.41, 5.74) is 2.76. The number of nitrogens with zero attached hydrogens (tertiary/aromatic N) is 2. The lowest BCUT2D eigenvalue weighted by Crippen LogP contribution is -1.93. The Morgan fingerprint density at radius 2 is 2.40 bits per heavy atom. The van der Waals surface area contributed by atoms with Crippen LogP contribution in [0.3, 0.4) is 0 Å². The zero-order valence-corrected chi connectivity index (χ0v) is 9.87. The summed E-state index contributed by atoms with van der Waals surface area (Å²) in [5, 5.41) is 4.42. The minimum absolute atomic E-state index is 0.235. The first-order valence-electron chi connectivity index (χ1n) is 5.55. The van der Waals surface area contributed by atoms with Crippen LogP contribution in [0.4, 0.5) is 0 Å². The lowest BCUT2D eigenvalue weighted by molar-refractivity contribution is 0.710. The van der Waals surface area contributed by atoms with Gasteiger partial charge >= 0.3 is 0 Å². The minimum Gasteiger partial charge on any atom is -0.276 e. The van der Waals surface area contributed by atoms with Crippen LogP contribution < -0.4 is 0 Å². The van der Waals surface area contributed by atoms with E-state index in [-0.39, 0.29) is 5.38 Å². The molecule has 1 aromatic rings. The summed E-state index contributed by atoms with van der Waals surface area (Å²) in [6.07, 6.45) is 12.1. The van der Waals surface area contributed by atoms with Gasteiger partial charge in [0.2, 0.25) is 0 Å². The van der Waals surface area contributed by atoms with E-state index in [9.17, 15) is 0 Å². The summed E-state index contributed by atoms with van der Waals surface area (Å²) >= 11 is 6.19. The topological polar surface area (TPSA) is 17.8 Å². The van der Waals surface area contributed by atoms with Crippen LogP contribution in [-0.2, 0) is 13.5 Å². The van der Waals surface area contributed by atoms with Crippen molar-refractivity contribution in [1.29, 1.82) is 0 Å². The normalized spacial score (nSPS) is 22.3. The highest BCUT2D eigenvalue weighted by Gasteiger charge is 2.10. The van der Waals surface area contributed by atoms with E-state index < -0.39 is 0 Å². The molecule has 1 unspecified atom stereocenters. The van der Waals surface area contributed by atoms with Crippen molar-refractivity contribution in [3.63, 3.8) is 0 Å². The summed E-state index contributed by atoms with van der Waals surface area (Å²) in [5.74, 6) is 0. The van der Waals surface area contributed by atoms with E-state index in [2.05, 4.69) is 17.4 Å². The van der Waals surface area contributed by atoms with Gasteiger partial charge in [0.1, 0.15) is 0 Å². The predicted molar refractivity (Wildman–Crippen MR) is 63.1 cm³/mol. The Bertz CT molecular complexity index is 354. The highest BCUT2D eigenvalue weighted by molar-refractivity contribution is 6.21. The Balaban J connectivity index is 2.04. The van der Waals surface area contributed by atoms with Crippen LogP contribution in [0.5, 0.6) is 0 Å². The molecule has 1 atom stereocenters. The molecule has 0 radical (unpaired) electrons. The number of rotatable bonds is 2. The minimum atomic E-state index is 0.235. The van der Waals surface area contributed by atoms with E-state index in [1.807, 2.05) is 17.9 Å². The van der Waals surface area contributed by atoms with Gasteiger partial charge in [0, 0.05) is 13.2 Å². The zero-order chi connectivity index (χ0) is 10.7. The van der Waals surface area contributed by atoms with Gasteiger partial charge in [-0.05, 0) is 31.2 Å². The largest absolute Gasteiger partial charge is 0.276 e. The van der Waals surface area contributed by atoms with Gasteiger partial charge in [-0.2, -0.15) is 5.10 Å². The summed E-state index contributed by atoms with van der Waals surface area (Å²) in [6, 6.07) is 0. The van der Waals surface area contributed by atoms with Gasteiger partial charge in [-0.15, -0.1) is 11.6 Å². The third-order valence-corrected chi connectivity index (χ3v) is 3.18. The Morgan fingerprint density at radius 3 is 3.13 bits per heavy atom. The molecule has 1 aromatic heterocycles. The van der Waals surface area contributed by atoms with Gasteiger partial charge in [0.15, 0.2) is 0 Å². The van der Waals surface area contributed by atoms with Gasteiger partial charge in [0.25, 0.3) is 0 Å². The first-order valence-corrected chi connectivity index (χ1v) is 5.99. The van der Waals surface area contributed by atoms with Gasteiger partial charge in [-0.25, -0.2) is 0 Å². The molecule has 2 rings (SSSR count). The van der Waals surface area contributed by atoms with Crippen LogP contribution in [0.15, 0.2) is 24.0 Å². The molecule has 15 heavy (non-hydrogen) atoms. The fraction of sp³-hybridized carbons (Fsp3) is 0.583. The van der Waals surface area contributed by atoms with Crippen molar-refractivity contribution >= 4 is 11.6 Å². The Labute approximate surface area is 95.9 Å². The molecule has 2 nitrogen and oxygen atoms in total. The number of allylic oxidation sites excluding steroid dienone is 2. The molecule has 0 saturated carbocycles. The Hall–Kier alpha value is -0.760. The second-order valence-corrected chi connectivity index (χ2v) is 4.85. The molecular weight excluding hydrogens is 208 g/mol. The molecule has 1 aliphatic rings. The molecule has 1 heterocycles. The highest BCUT2D eigenvalue weighted by Crippen LogP contribution is 2.23. The maximum Gasteiger partial charge on any atom is 0.0524 e. The van der Waals surface area contributed by atoms with Crippen molar-refractivity contribution < 1.29 is 0 Å². The van der Waals surface area contributed by atoms with E-state index in [1.54, 1.807) is 0 Å². The van der Waals surface area contributed by atoms with Crippen molar-refractivity contribution in [2.24, 2.45) is 7.05 Å². The lowest BCUT2D eigenvalue weighted by atomic mass is 10.0. The van der Waals surface area contributed by atoms with Crippen LogP contribution in [0.2, 0.25) is 0 Å². The maximum atomic E-state index is 6.19. The van der Waals surface area contributed by atoms with Crippen molar-refractivity contribution in [2.75, 3.05) is 0 Å². The quantitative estimate of drug-likeness (QED) is 0.558. The number of alkyl halides is 1. The fourth-order valence-corrected chi connectivity index (χ4v) is 2.42. The van der Waals surface area contributed by atoms with E-state index in [4.69, 9.17) is 11.6 Å². The van der Waals surface area contributed by atoms with Crippen molar-refractivity contribution in [3.05, 3.63) is 29.6 Å². The van der Waals surface area contributed by atoms with Crippen LogP contribution in [0, 0.1) is 0 Å². The van der Waals surface area contributed by atoms with Crippen molar-refractivity contribution in [2.45, 2.75) is 37.5 Å². The van der Waals surface area contributed by atoms with Crippen LogP contribution in [0.25, 0.3) is 0 Å².